The molecule has 1 aromatic heterocycles. The number of allylic oxidation sites excluding steroid dienone is 2. The van der Waals surface area contributed by atoms with E-state index in [0.717, 1.165) is 18.4 Å². The smallest absolute Gasteiger partial charge is 0.301 e. The van der Waals surface area contributed by atoms with Crippen molar-refractivity contribution in [2.24, 2.45) is 17.7 Å². The minimum Gasteiger partial charge on any atom is -0.459 e. The third-order valence-electron chi connectivity index (χ3n) is 3.59. The second kappa shape index (κ2) is 6.54. The molecule has 5 nitrogen and oxygen atoms in total. The Labute approximate surface area is 112 Å². The van der Waals surface area contributed by atoms with Crippen molar-refractivity contribution >= 4 is 5.91 Å². The number of nitrogens with one attached hydrogen (secondary N) is 1. The van der Waals surface area contributed by atoms with Crippen molar-refractivity contribution < 1.29 is 13.9 Å². The van der Waals surface area contributed by atoms with Crippen molar-refractivity contribution in [3.05, 3.63) is 35.8 Å². The summed E-state index contributed by atoms with van der Waals surface area (Å²) in [6, 6.07) is 1.73. The number of nitrogen functional groups attached to an aromatic ring is 1. The van der Waals surface area contributed by atoms with Crippen LogP contribution in [0.1, 0.15) is 35.9 Å². The fraction of sp³-hybridized carbons (Fsp3) is 0.500. The minimum atomic E-state index is -0.433. The SMILES string of the molecule is CC1CC=CCC1COCc1ccoc1C(=O)NN. The topological polar surface area (TPSA) is 77.5 Å². The Hall–Kier alpha value is -1.59. The summed E-state index contributed by atoms with van der Waals surface area (Å²) in [7, 11) is 0. The fourth-order valence-corrected chi connectivity index (χ4v) is 2.27. The number of furan rings is 1. The van der Waals surface area contributed by atoms with E-state index in [0.29, 0.717) is 25.0 Å². The number of carbonyl (C=O) groups is 1. The van der Waals surface area contributed by atoms with Crippen LogP contribution in [0, 0.1) is 11.8 Å². The zero-order chi connectivity index (χ0) is 13.7. The molecule has 0 aliphatic heterocycles. The summed E-state index contributed by atoms with van der Waals surface area (Å²) < 4.78 is 10.8. The number of hydrogen-bond donors (Lipinski definition) is 2. The summed E-state index contributed by atoms with van der Waals surface area (Å²) >= 11 is 0. The third kappa shape index (κ3) is 3.45. The Kier molecular flexibility index (Phi) is 4.76. The van der Waals surface area contributed by atoms with Gasteiger partial charge in [-0.2, -0.15) is 0 Å². The zero-order valence-electron chi connectivity index (χ0n) is 11.1. The quantitative estimate of drug-likeness (QED) is 0.369. The minimum absolute atomic E-state index is 0.221. The Morgan fingerprint density at radius 2 is 2.32 bits per heavy atom. The van der Waals surface area contributed by atoms with Gasteiger partial charge in [-0.15, -0.1) is 0 Å². The standard InChI is InChI=1S/C14H20N2O3/c1-10-4-2-3-5-11(10)8-18-9-12-6-7-19-13(12)14(17)16-15/h2-3,6-7,10-11H,4-5,8-9,15H2,1H3,(H,16,17). The van der Waals surface area contributed by atoms with E-state index in [2.05, 4.69) is 24.5 Å². The van der Waals surface area contributed by atoms with E-state index in [1.165, 1.54) is 6.26 Å². The molecule has 0 spiro atoms. The van der Waals surface area contributed by atoms with E-state index in [-0.39, 0.29) is 5.76 Å². The first-order valence-corrected chi connectivity index (χ1v) is 6.52. The average Bonchev–Trinajstić information content (AvgIpc) is 2.88. The summed E-state index contributed by atoms with van der Waals surface area (Å²) in [6.45, 7) is 3.30. The third-order valence-corrected chi connectivity index (χ3v) is 3.59. The first-order valence-electron chi connectivity index (χ1n) is 6.52. The monoisotopic (exact) mass is 264 g/mol. The van der Waals surface area contributed by atoms with E-state index in [4.69, 9.17) is 15.0 Å². The molecule has 2 unspecified atom stereocenters. The predicted molar refractivity (Wildman–Crippen MR) is 71.0 cm³/mol. The molecule has 3 N–H and O–H groups in total. The van der Waals surface area contributed by atoms with Gasteiger partial charge in [-0.1, -0.05) is 19.1 Å². The molecular weight excluding hydrogens is 244 g/mol. The lowest BCUT2D eigenvalue weighted by molar-refractivity contribution is 0.0663. The number of amides is 1. The van der Waals surface area contributed by atoms with Crippen LogP contribution in [0.3, 0.4) is 0 Å². The van der Waals surface area contributed by atoms with Crippen molar-refractivity contribution in [1.82, 2.24) is 5.43 Å². The number of hydrazine groups is 1. The van der Waals surface area contributed by atoms with Crippen molar-refractivity contribution in [1.29, 1.82) is 0 Å². The molecule has 0 bridgehead atoms. The Morgan fingerprint density at radius 3 is 3.05 bits per heavy atom. The van der Waals surface area contributed by atoms with Gasteiger partial charge in [0.25, 0.3) is 0 Å². The van der Waals surface area contributed by atoms with Crippen LogP contribution in [0.15, 0.2) is 28.9 Å². The van der Waals surface area contributed by atoms with Crippen molar-refractivity contribution in [2.75, 3.05) is 6.61 Å². The molecule has 0 radical (unpaired) electrons. The Bertz CT molecular complexity index is 453. The second-order valence-corrected chi connectivity index (χ2v) is 4.94. The van der Waals surface area contributed by atoms with Crippen LogP contribution in [0.4, 0.5) is 0 Å². The first kappa shape index (κ1) is 13.8. The maximum atomic E-state index is 11.4. The normalized spacial score (nSPS) is 22.4. The van der Waals surface area contributed by atoms with Crippen LogP contribution in [0.25, 0.3) is 0 Å². The van der Waals surface area contributed by atoms with Gasteiger partial charge in [-0.05, 0) is 30.7 Å². The summed E-state index contributed by atoms with van der Waals surface area (Å²) in [4.78, 5) is 11.4. The highest BCUT2D eigenvalue weighted by Crippen LogP contribution is 2.25. The Balaban J connectivity index is 1.84. The van der Waals surface area contributed by atoms with Gasteiger partial charge in [0.2, 0.25) is 0 Å². The molecule has 0 saturated carbocycles. The van der Waals surface area contributed by atoms with E-state index in [1.807, 2.05) is 0 Å². The lowest BCUT2D eigenvalue weighted by Gasteiger charge is -2.24. The lowest BCUT2D eigenvalue weighted by Crippen LogP contribution is -2.30. The van der Waals surface area contributed by atoms with E-state index >= 15 is 0 Å². The van der Waals surface area contributed by atoms with Gasteiger partial charge in [-0.3, -0.25) is 10.2 Å². The number of hydrogen-bond acceptors (Lipinski definition) is 4. The highest BCUT2D eigenvalue weighted by molar-refractivity contribution is 5.92. The van der Waals surface area contributed by atoms with Crippen LogP contribution in [-0.4, -0.2) is 12.5 Å². The van der Waals surface area contributed by atoms with Gasteiger partial charge in [0.15, 0.2) is 5.76 Å². The molecule has 0 aromatic carbocycles. The lowest BCUT2D eigenvalue weighted by atomic mass is 9.85. The number of nitrogens with two attached hydrogens (primary N) is 1. The van der Waals surface area contributed by atoms with Crippen molar-refractivity contribution in [3.8, 4) is 0 Å². The maximum Gasteiger partial charge on any atom is 0.301 e. The molecule has 0 saturated heterocycles. The molecule has 1 aliphatic rings. The van der Waals surface area contributed by atoms with E-state index in [9.17, 15) is 4.79 Å². The predicted octanol–water partition coefficient (Wildman–Crippen LogP) is 2.00. The van der Waals surface area contributed by atoms with Gasteiger partial charge in [0, 0.05) is 5.56 Å². The summed E-state index contributed by atoms with van der Waals surface area (Å²) in [6.07, 6.45) is 8.07. The van der Waals surface area contributed by atoms with Gasteiger partial charge >= 0.3 is 5.91 Å². The summed E-state index contributed by atoms with van der Waals surface area (Å²) in [5.74, 6) is 6.06. The molecule has 19 heavy (non-hydrogen) atoms. The molecule has 2 atom stereocenters. The van der Waals surface area contributed by atoms with Crippen LogP contribution in [-0.2, 0) is 11.3 Å². The first-order chi connectivity index (χ1) is 9.22. The molecule has 2 rings (SSSR count). The van der Waals surface area contributed by atoms with Crippen molar-refractivity contribution in [3.63, 3.8) is 0 Å². The summed E-state index contributed by atoms with van der Waals surface area (Å²) in [5, 5.41) is 0. The average molecular weight is 264 g/mol. The van der Waals surface area contributed by atoms with Gasteiger partial charge in [0.1, 0.15) is 0 Å². The van der Waals surface area contributed by atoms with Crippen LogP contribution in [0.5, 0.6) is 0 Å². The fourth-order valence-electron chi connectivity index (χ4n) is 2.27. The molecule has 5 heteroatoms. The zero-order valence-corrected chi connectivity index (χ0v) is 11.1. The van der Waals surface area contributed by atoms with Crippen LogP contribution >= 0.6 is 0 Å². The van der Waals surface area contributed by atoms with Gasteiger partial charge in [-0.25, -0.2) is 5.84 Å². The van der Waals surface area contributed by atoms with Crippen LogP contribution < -0.4 is 11.3 Å². The van der Waals surface area contributed by atoms with Crippen LogP contribution in [0.2, 0.25) is 0 Å². The number of ether oxygens (including phenoxy) is 1. The maximum absolute atomic E-state index is 11.4. The largest absolute Gasteiger partial charge is 0.459 e. The van der Waals surface area contributed by atoms with E-state index < -0.39 is 5.91 Å². The molecule has 1 amide bonds. The Morgan fingerprint density at radius 1 is 1.53 bits per heavy atom. The second-order valence-electron chi connectivity index (χ2n) is 4.94. The molecular formula is C14H20N2O3. The summed E-state index contributed by atoms with van der Waals surface area (Å²) in [5.41, 5.74) is 2.78. The van der Waals surface area contributed by atoms with E-state index in [1.54, 1.807) is 6.07 Å². The number of carbonyl (C=O) groups excluding carboxylic acids is 1. The highest BCUT2D eigenvalue weighted by atomic mass is 16.5. The van der Waals surface area contributed by atoms with Gasteiger partial charge in [0.05, 0.1) is 19.5 Å². The molecule has 1 aliphatic carbocycles. The van der Waals surface area contributed by atoms with Gasteiger partial charge < -0.3 is 9.15 Å². The highest BCUT2D eigenvalue weighted by Gasteiger charge is 2.19. The molecule has 1 aromatic rings. The molecule has 0 fully saturated rings. The number of rotatable bonds is 5. The molecule has 104 valence electrons. The molecule has 1 heterocycles. The van der Waals surface area contributed by atoms with Crippen molar-refractivity contribution in [2.45, 2.75) is 26.4 Å².